The summed E-state index contributed by atoms with van der Waals surface area (Å²) in [6.07, 6.45) is 5.62. The van der Waals surface area contributed by atoms with Gasteiger partial charge in [0.15, 0.2) is 0 Å². The van der Waals surface area contributed by atoms with Crippen LogP contribution in [-0.2, 0) is 6.54 Å². The number of aliphatic hydroxyl groups is 1. The van der Waals surface area contributed by atoms with Gasteiger partial charge in [0.1, 0.15) is 5.82 Å². The van der Waals surface area contributed by atoms with Gasteiger partial charge in [-0.1, -0.05) is 19.8 Å². The summed E-state index contributed by atoms with van der Waals surface area (Å²) in [7, 11) is 0. The molecule has 0 spiro atoms. The number of rotatable bonds is 5. The zero-order chi connectivity index (χ0) is 16.2. The molecule has 2 unspecified atom stereocenters. The van der Waals surface area contributed by atoms with Crippen molar-refractivity contribution in [2.45, 2.75) is 51.8 Å². The minimum Gasteiger partial charge on any atom is -0.392 e. The highest BCUT2D eigenvalue weighted by molar-refractivity contribution is 5.73. The first-order valence-electron chi connectivity index (χ1n) is 7.42. The Bertz CT molecular complexity index is 509. The van der Waals surface area contributed by atoms with Gasteiger partial charge in [0, 0.05) is 24.4 Å². The smallest absolute Gasteiger partial charge is 0.319 e. The highest BCUT2D eigenvalue weighted by Gasteiger charge is 2.35. The second-order valence-electron chi connectivity index (χ2n) is 5.98. The van der Waals surface area contributed by atoms with E-state index < -0.39 is 18.7 Å². The molecule has 0 aliphatic heterocycles. The third-order valence-electron chi connectivity index (χ3n) is 4.30. The van der Waals surface area contributed by atoms with Gasteiger partial charge in [-0.25, -0.2) is 9.78 Å². The fourth-order valence-corrected chi connectivity index (χ4v) is 2.75. The molecule has 0 radical (unpaired) electrons. The summed E-state index contributed by atoms with van der Waals surface area (Å²) in [6.45, 7) is -0.467. The lowest BCUT2D eigenvalue weighted by molar-refractivity contribution is 0.00307. The molecular weight excluding hydrogens is 294 g/mol. The molecule has 6 nitrogen and oxygen atoms in total. The average molecular weight is 316 g/mol. The Labute approximate surface area is 127 Å². The number of aliphatic hydroxyl groups excluding tert-OH is 1. The molecule has 0 bridgehead atoms. The molecule has 1 aliphatic carbocycles. The predicted octanol–water partition coefficient (Wildman–Crippen LogP) is 2.02. The van der Waals surface area contributed by atoms with E-state index in [4.69, 9.17) is 0 Å². The summed E-state index contributed by atoms with van der Waals surface area (Å²) >= 11 is 0. The predicted molar refractivity (Wildman–Crippen MR) is 76.3 cm³/mol. The van der Waals surface area contributed by atoms with Crippen LogP contribution >= 0.6 is 0 Å². The Balaban J connectivity index is 1.79. The maximum Gasteiger partial charge on any atom is 0.319 e. The largest absolute Gasteiger partial charge is 0.392 e. The van der Waals surface area contributed by atoms with Crippen LogP contribution in [0.25, 0.3) is 0 Å². The van der Waals surface area contributed by atoms with Crippen molar-refractivity contribution in [2.75, 3.05) is 6.54 Å². The van der Waals surface area contributed by atoms with E-state index in [2.05, 4.69) is 15.6 Å². The molecule has 1 saturated carbocycles. The number of nitrogens with zero attached hydrogens (tertiary/aromatic N) is 2. The first-order chi connectivity index (χ1) is 10.4. The highest BCUT2D eigenvalue weighted by Crippen LogP contribution is 2.35. The number of carbonyl (C=O) groups is 1. The molecule has 0 saturated heterocycles. The number of alkyl halides is 2. The Kier molecular flexibility index (Phi) is 5.33. The lowest BCUT2D eigenvalue weighted by atomic mass is 9.73. The van der Waals surface area contributed by atoms with Gasteiger partial charge in [-0.3, -0.25) is 4.57 Å². The fourth-order valence-electron chi connectivity index (χ4n) is 2.75. The average Bonchev–Trinajstić information content (AvgIpc) is 2.95. The van der Waals surface area contributed by atoms with Gasteiger partial charge < -0.3 is 15.7 Å². The van der Waals surface area contributed by atoms with Crippen molar-refractivity contribution in [3.8, 4) is 0 Å². The second kappa shape index (κ2) is 7.04. The van der Waals surface area contributed by atoms with E-state index in [1.54, 1.807) is 0 Å². The molecule has 2 rings (SSSR count). The summed E-state index contributed by atoms with van der Waals surface area (Å²) in [6, 6.07) is -0.456. The summed E-state index contributed by atoms with van der Waals surface area (Å²) < 4.78 is 26.0. The van der Waals surface area contributed by atoms with Crippen molar-refractivity contribution >= 4 is 6.03 Å². The zero-order valence-corrected chi connectivity index (χ0v) is 12.6. The topological polar surface area (TPSA) is 79.2 Å². The number of nitrogens with one attached hydrogen (secondary N) is 2. The third kappa shape index (κ3) is 3.94. The monoisotopic (exact) mass is 316 g/mol. The van der Waals surface area contributed by atoms with Crippen molar-refractivity contribution in [3.05, 3.63) is 18.2 Å². The SMILES string of the molecule is CC1(CNC(=O)NCc2nccn2C(F)F)CCCCC1O. The molecule has 1 aliphatic rings. The molecule has 1 heterocycles. The van der Waals surface area contributed by atoms with E-state index >= 15 is 0 Å². The maximum atomic E-state index is 12.6. The number of hydrogen-bond donors (Lipinski definition) is 3. The van der Waals surface area contributed by atoms with E-state index in [0.717, 1.165) is 25.7 Å². The van der Waals surface area contributed by atoms with Crippen LogP contribution in [0.4, 0.5) is 13.6 Å². The molecule has 1 fully saturated rings. The Morgan fingerprint density at radius 3 is 3.00 bits per heavy atom. The minimum absolute atomic E-state index is 0.0809. The number of amides is 2. The van der Waals surface area contributed by atoms with Crippen LogP contribution in [0, 0.1) is 5.41 Å². The van der Waals surface area contributed by atoms with E-state index in [9.17, 15) is 18.7 Å². The number of carbonyl (C=O) groups excluding carboxylic acids is 1. The van der Waals surface area contributed by atoms with E-state index in [-0.39, 0.29) is 17.8 Å². The van der Waals surface area contributed by atoms with E-state index in [0.29, 0.717) is 11.1 Å². The summed E-state index contributed by atoms with van der Waals surface area (Å²) in [4.78, 5) is 15.6. The second-order valence-corrected chi connectivity index (χ2v) is 5.98. The molecule has 1 aromatic rings. The van der Waals surface area contributed by atoms with Crippen LogP contribution in [-0.4, -0.2) is 33.3 Å². The van der Waals surface area contributed by atoms with E-state index in [1.165, 1.54) is 12.4 Å². The van der Waals surface area contributed by atoms with Gasteiger partial charge >= 0.3 is 12.6 Å². The van der Waals surface area contributed by atoms with Crippen LogP contribution in [0.3, 0.4) is 0 Å². The molecule has 0 aromatic carbocycles. The van der Waals surface area contributed by atoms with Crippen LogP contribution < -0.4 is 10.6 Å². The fraction of sp³-hybridized carbons (Fsp3) is 0.714. The lowest BCUT2D eigenvalue weighted by Crippen LogP contribution is -2.47. The van der Waals surface area contributed by atoms with Crippen molar-refractivity contribution < 1.29 is 18.7 Å². The van der Waals surface area contributed by atoms with Crippen LogP contribution in [0.2, 0.25) is 0 Å². The third-order valence-corrected chi connectivity index (χ3v) is 4.30. The highest BCUT2D eigenvalue weighted by atomic mass is 19.3. The summed E-state index contributed by atoms with van der Waals surface area (Å²) in [5, 5.41) is 15.3. The van der Waals surface area contributed by atoms with Gasteiger partial charge in [0.2, 0.25) is 0 Å². The number of imidazole rings is 1. The van der Waals surface area contributed by atoms with Crippen molar-refractivity contribution in [2.24, 2.45) is 5.41 Å². The maximum absolute atomic E-state index is 12.6. The summed E-state index contributed by atoms with van der Waals surface area (Å²) in [5.41, 5.74) is -0.336. The summed E-state index contributed by atoms with van der Waals surface area (Å²) in [5.74, 6) is 0.0917. The van der Waals surface area contributed by atoms with Crippen LogP contribution in [0.1, 0.15) is 45.0 Å². The normalized spacial score (nSPS) is 25.2. The number of aromatic nitrogens is 2. The van der Waals surface area contributed by atoms with Crippen molar-refractivity contribution in [3.63, 3.8) is 0 Å². The molecular formula is C14H22F2N4O2. The van der Waals surface area contributed by atoms with Gasteiger partial charge in [-0.2, -0.15) is 8.78 Å². The Hall–Kier alpha value is -1.70. The lowest BCUT2D eigenvalue weighted by Gasteiger charge is -2.38. The Morgan fingerprint density at radius 1 is 1.55 bits per heavy atom. The zero-order valence-electron chi connectivity index (χ0n) is 12.6. The van der Waals surface area contributed by atoms with Gasteiger partial charge in [0.25, 0.3) is 0 Å². The molecule has 22 heavy (non-hydrogen) atoms. The first-order valence-corrected chi connectivity index (χ1v) is 7.42. The van der Waals surface area contributed by atoms with Gasteiger partial charge in [0.05, 0.1) is 12.6 Å². The first kappa shape index (κ1) is 16.7. The quantitative estimate of drug-likeness (QED) is 0.777. The molecule has 8 heteroatoms. The van der Waals surface area contributed by atoms with Crippen molar-refractivity contribution in [1.82, 2.24) is 20.2 Å². The molecule has 124 valence electrons. The van der Waals surface area contributed by atoms with E-state index in [1.807, 2.05) is 6.92 Å². The molecule has 1 aromatic heterocycles. The van der Waals surface area contributed by atoms with Gasteiger partial charge in [-0.15, -0.1) is 0 Å². The van der Waals surface area contributed by atoms with Crippen molar-refractivity contribution in [1.29, 1.82) is 0 Å². The van der Waals surface area contributed by atoms with Crippen LogP contribution in [0.5, 0.6) is 0 Å². The Morgan fingerprint density at radius 2 is 2.32 bits per heavy atom. The van der Waals surface area contributed by atoms with Gasteiger partial charge in [-0.05, 0) is 12.8 Å². The number of halogens is 2. The van der Waals surface area contributed by atoms with Crippen LogP contribution in [0.15, 0.2) is 12.4 Å². The number of hydrogen-bond acceptors (Lipinski definition) is 3. The number of urea groups is 1. The molecule has 2 atom stereocenters. The standard InChI is InChI=1S/C14H22F2N4O2/c1-14(5-3-2-4-10(14)21)9-19-13(22)18-8-11-17-6-7-20(11)12(15)16/h6-7,10,12,21H,2-5,8-9H2,1H3,(H2,18,19,22). The molecule has 2 amide bonds. The molecule has 3 N–H and O–H groups in total. The minimum atomic E-state index is -2.68.